The number of aromatic nitrogens is 2. The number of nitrogens with zero attached hydrogens (tertiary/aromatic N) is 2. The second-order valence-corrected chi connectivity index (χ2v) is 4.76. The summed E-state index contributed by atoms with van der Waals surface area (Å²) in [5.74, 6) is 0.790. The fourth-order valence-electron chi connectivity index (χ4n) is 2.24. The van der Waals surface area contributed by atoms with Crippen molar-refractivity contribution in [2.24, 2.45) is 0 Å². The average molecular weight is 270 g/mol. The Hall–Kier alpha value is -0.980. The van der Waals surface area contributed by atoms with E-state index in [1.165, 1.54) is 0 Å². The molecule has 0 bridgehead atoms. The molecular weight excluding hydrogens is 248 g/mol. The Morgan fingerprint density at radius 1 is 1.47 bits per heavy atom. The monoisotopic (exact) mass is 270 g/mol. The molecule has 3 atom stereocenters. The van der Waals surface area contributed by atoms with Crippen LogP contribution in [0.3, 0.4) is 0 Å². The van der Waals surface area contributed by atoms with Gasteiger partial charge < -0.3 is 19.1 Å². The Labute approximate surface area is 113 Å². The number of rotatable bonds is 6. The zero-order valence-corrected chi connectivity index (χ0v) is 11.5. The molecule has 1 aliphatic rings. The second-order valence-electron chi connectivity index (χ2n) is 4.76. The SMILES string of the molecule is CCCC(OCC)c1noc(C2COCCC2O)n1. The Kier molecular flexibility index (Phi) is 5.30. The molecule has 1 fully saturated rings. The minimum absolute atomic E-state index is 0.130. The van der Waals surface area contributed by atoms with Crippen LogP contribution in [-0.4, -0.2) is 41.2 Å². The van der Waals surface area contributed by atoms with E-state index in [2.05, 4.69) is 17.1 Å². The normalized spacial score (nSPS) is 25.4. The molecule has 2 heterocycles. The molecule has 0 amide bonds. The maximum absolute atomic E-state index is 9.94. The summed E-state index contributed by atoms with van der Waals surface area (Å²) in [6.45, 7) is 5.66. The third-order valence-electron chi connectivity index (χ3n) is 3.30. The van der Waals surface area contributed by atoms with Gasteiger partial charge in [0.25, 0.3) is 0 Å². The van der Waals surface area contributed by atoms with Crippen LogP contribution in [0.5, 0.6) is 0 Å². The minimum atomic E-state index is -0.473. The first-order chi connectivity index (χ1) is 9.26. The van der Waals surface area contributed by atoms with Crippen LogP contribution >= 0.6 is 0 Å². The summed E-state index contributed by atoms with van der Waals surface area (Å²) in [4.78, 5) is 4.38. The van der Waals surface area contributed by atoms with Crippen LogP contribution in [0.15, 0.2) is 4.52 Å². The van der Waals surface area contributed by atoms with Crippen molar-refractivity contribution in [1.29, 1.82) is 0 Å². The Morgan fingerprint density at radius 3 is 3.00 bits per heavy atom. The van der Waals surface area contributed by atoms with Gasteiger partial charge in [0.15, 0.2) is 0 Å². The summed E-state index contributed by atoms with van der Waals surface area (Å²) < 4.78 is 16.2. The lowest BCUT2D eigenvalue weighted by Gasteiger charge is -2.24. The largest absolute Gasteiger partial charge is 0.392 e. The van der Waals surface area contributed by atoms with Crippen molar-refractivity contribution in [1.82, 2.24) is 10.1 Å². The molecule has 0 spiro atoms. The van der Waals surface area contributed by atoms with Gasteiger partial charge >= 0.3 is 0 Å². The summed E-state index contributed by atoms with van der Waals surface area (Å²) in [7, 11) is 0. The van der Waals surface area contributed by atoms with Crippen molar-refractivity contribution in [3.63, 3.8) is 0 Å². The van der Waals surface area contributed by atoms with Gasteiger partial charge in [0.05, 0.1) is 18.6 Å². The average Bonchev–Trinajstić information content (AvgIpc) is 2.88. The minimum Gasteiger partial charge on any atom is -0.392 e. The third kappa shape index (κ3) is 3.52. The molecule has 1 aromatic heterocycles. The summed E-state index contributed by atoms with van der Waals surface area (Å²) in [5.41, 5.74) is 0. The molecule has 0 aliphatic carbocycles. The van der Waals surface area contributed by atoms with Crippen LogP contribution in [0.25, 0.3) is 0 Å². The number of hydrogen-bond donors (Lipinski definition) is 1. The van der Waals surface area contributed by atoms with Crippen molar-refractivity contribution in [2.45, 2.75) is 51.2 Å². The maximum Gasteiger partial charge on any atom is 0.234 e. The second kappa shape index (κ2) is 6.98. The summed E-state index contributed by atoms with van der Waals surface area (Å²) in [5, 5.41) is 13.9. The Balaban J connectivity index is 2.08. The quantitative estimate of drug-likeness (QED) is 0.849. The van der Waals surface area contributed by atoms with Crippen LogP contribution < -0.4 is 0 Å². The highest BCUT2D eigenvalue weighted by Crippen LogP contribution is 2.27. The fraction of sp³-hybridized carbons (Fsp3) is 0.846. The highest BCUT2D eigenvalue weighted by Gasteiger charge is 2.31. The lowest BCUT2D eigenvalue weighted by molar-refractivity contribution is -0.0149. The lowest BCUT2D eigenvalue weighted by Crippen LogP contribution is -2.30. The van der Waals surface area contributed by atoms with Gasteiger partial charge in [-0.3, -0.25) is 0 Å². The fourth-order valence-corrected chi connectivity index (χ4v) is 2.24. The topological polar surface area (TPSA) is 77.6 Å². The van der Waals surface area contributed by atoms with E-state index in [9.17, 15) is 5.11 Å². The van der Waals surface area contributed by atoms with Crippen LogP contribution in [-0.2, 0) is 9.47 Å². The smallest absolute Gasteiger partial charge is 0.234 e. The maximum atomic E-state index is 9.94. The summed E-state index contributed by atoms with van der Waals surface area (Å²) in [6.07, 6.45) is 1.85. The zero-order valence-electron chi connectivity index (χ0n) is 11.5. The van der Waals surface area contributed by atoms with Crippen molar-refractivity contribution in [3.8, 4) is 0 Å². The molecule has 0 aromatic carbocycles. The number of hydrogen-bond acceptors (Lipinski definition) is 6. The lowest BCUT2D eigenvalue weighted by atomic mass is 9.99. The van der Waals surface area contributed by atoms with Gasteiger partial charge in [-0.2, -0.15) is 4.98 Å². The first-order valence-corrected chi connectivity index (χ1v) is 6.97. The molecule has 108 valence electrons. The third-order valence-corrected chi connectivity index (χ3v) is 3.30. The van der Waals surface area contributed by atoms with Gasteiger partial charge in [0, 0.05) is 13.2 Å². The molecule has 1 aliphatic heterocycles. The van der Waals surface area contributed by atoms with E-state index < -0.39 is 6.10 Å². The van der Waals surface area contributed by atoms with E-state index >= 15 is 0 Å². The molecular formula is C13H22N2O4. The van der Waals surface area contributed by atoms with Crippen molar-refractivity contribution >= 4 is 0 Å². The van der Waals surface area contributed by atoms with E-state index in [1.54, 1.807) is 0 Å². The van der Waals surface area contributed by atoms with Gasteiger partial charge in [-0.25, -0.2) is 0 Å². The van der Waals surface area contributed by atoms with Crippen LogP contribution in [0.4, 0.5) is 0 Å². The highest BCUT2D eigenvalue weighted by atomic mass is 16.5. The van der Waals surface area contributed by atoms with Crippen molar-refractivity contribution < 1.29 is 19.1 Å². The molecule has 1 N–H and O–H groups in total. The van der Waals surface area contributed by atoms with Crippen molar-refractivity contribution in [2.75, 3.05) is 19.8 Å². The summed E-state index contributed by atoms with van der Waals surface area (Å²) in [6, 6.07) is 0. The predicted molar refractivity (Wildman–Crippen MR) is 67.8 cm³/mol. The molecule has 3 unspecified atom stereocenters. The van der Waals surface area contributed by atoms with E-state index in [0.29, 0.717) is 38.0 Å². The first-order valence-electron chi connectivity index (χ1n) is 6.97. The molecule has 1 aromatic rings. The van der Waals surface area contributed by atoms with Crippen LogP contribution in [0.2, 0.25) is 0 Å². The molecule has 0 radical (unpaired) electrons. The van der Waals surface area contributed by atoms with Crippen LogP contribution in [0.1, 0.15) is 56.8 Å². The van der Waals surface area contributed by atoms with Gasteiger partial charge in [-0.05, 0) is 19.8 Å². The molecule has 6 heteroatoms. The van der Waals surface area contributed by atoms with E-state index in [0.717, 1.165) is 12.8 Å². The number of aliphatic hydroxyl groups excluding tert-OH is 1. The number of ether oxygens (including phenoxy) is 2. The number of aliphatic hydroxyl groups is 1. The van der Waals surface area contributed by atoms with E-state index in [1.807, 2.05) is 6.92 Å². The molecule has 1 saturated heterocycles. The molecule has 19 heavy (non-hydrogen) atoms. The van der Waals surface area contributed by atoms with E-state index in [4.69, 9.17) is 14.0 Å². The van der Waals surface area contributed by atoms with Gasteiger partial charge in [-0.15, -0.1) is 0 Å². The molecule has 6 nitrogen and oxygen atoms in total. The van der Waals surface area contributed by atoms with E-state index in [-0.39, 0.29) is 12.0 Å². The Morgan fingerprint density at radius 2 is 2.32 bits per heavy atom. The van der Waals surface area contributed by atoms with Crippen LogP contribution in [0, 0.1) is 0 Å². The highest BCUT2D eigenvalue weighted by molar-refractivity contribution is 5.00. The van der Waals surface area contributed by atoms with Gasteiger partial charge in [0.2, 0.25) is 11.7 Å². The zero-order chi connectivity index (χ0) is 13.7. The first kappa shape index (κ1) is 14.4. The molecule has 2 rings (SSSR count). The van der Waals surface area contributed by atoms with Gasteiger partial charge in [-0.1, -0.05) is 18.5 Å². The Bertz CT molecular complexity index is 376. The molecule has 0 saturated carbocycles. The standard InChI is InChI=1S/C13H22N2O4/c1-3-5-11(18-4-2)12-14-13(19-15-12)9-8-17-7-6-10(9)16/h9-11,16H,3-8H2,1-2H3. The van der Waals surface area contributed by atoms with Crippen molar-refractivity contribution in [3.05, 3.63) is 11.7 Å². The van der Waals surface area contributed by atoms with Gasteiger partial charge in [0.1, 0.15) is 6.10 Å². The summed E-state index contributed by atoms with van der Waals surface area (Å²) >= 11 is 0. The predicted octanol–water partition coefficient (Wildman–Crippen LogP) is 1.81.